The van der Waals surface area contributed by atoms with Gasteiger partial charge in [-0.15, -0.1) is 11.3 Å². The molecule has 0 saturated heterocycles. The molecule has 4 nitrogen and oxygen atoms in total. The van der Waals surface area contributed by atoms with Crippen molar-refractivity contribution >= 4 is 56.4 Å². The Kier molecular flexibility index (Phi) is 4.52. The van der Waals surface area contributed by atoms with E-state index in [9.17, 15) is 9.59 Å². The maximum atomic E-state index is 12.2. The van der Waals surface area contributed by atoms with Crippen molar-refractivity contribution in [3.63, 3.8) is 0 Å². The molecule has 3 rings (SSSR count). The number of carbonyl (C=O) groups excluding carboxylic acids is 2. The molecule has 0 fully saturated rings. The predicted molar refractivity (Wildman–Crippen MR) is 93.2 cm³/mol. The zero-order valence-electron chi connectivity index (χ0n) is 11.6. The van der Waals surface area contributed by atoms with E-state index in [4.69, 9.17) is 23.2 Å². The molecule has 0 atom stereocenters. The fourth-order valence-electron chi connectivity index (χ4n) is 2.00. The lowest BCUT2D eigenvalue weighted by Gasteiger charge is -2.06. The molecule has 0 aliphatic heterocycles. The first kappa shape index (κ1) is 15.8. The number of halogens is 2. The first-order valence-electron chi connectivity index (χ1n) is 6.59. The van der Waals surface area contributed by atoms with Gasteiger partial charge in [0.15, 0.2) is 0 Å². The van der Waals surface area contributed by atoms with Crippen LogP contribution < -0.4 is 10.9 Å². The summed E-state index contributed by atoms with van der Waals surface area (Å²) < 4.78 is 0.909. The molecule has 2 N–H and O–H groups in total. The molecule has 0 saturated carbocycles. The van der Waals surface area contributed by atoms with Crippen LogP contribution in [0.5, 0.6) is 0 Å². The minimum Gasteiger partial charge on any atom is -0.267 e. The summed E-state index contributed by atoms with van der Waals surface area (Å²) in [5.74, 6) is -0.897. The lowest BCUT2D eigenvalue weighted by Crippen LogP contribution is -2.41. The highest BCUT2D eigenvalue weighted by atomic mass is 35.5. The molecule has 0 bridgehead atoms. The summed E-state index contributed by atoms with van der Waals surface area (Å²) >= 11 is 13.3. The summed E-state index contributed by atoms with van der Waals surface area (Å²) in [5, 5.41) is 1.72. The molecule has 116 valence electrons. The third-order valence-electron chi connectivity index (χ3n) is 3.14. The second-order valence-electron chi connectivity index (χ2n) is 4.66. The fourth-order valence-corrected chi connectivity index (χ4v) is 3.54. The van der Waals surface area contributed by atoms with E-state index in [1.54, 1.807) is 24.3 Å². The van der Waals surface area contributed by atoms with E-state index in [0.29, 0.717) is 20.5 Å². The number of thiophene rings is 1. The van der Waals surface area contributed by atoms with Gasteiger partial charge in [0.1, 0.15) is 4.88 Å². The number of benzene rings is 2. The Morgan fingerprint density at radius 2 is 1.52 bits per heavy atom. The summed E-state index contributed by atoms with van der Waals surface area (Å²) in [7, 11) is 0. The van der Waals surface area contributed by atoms with Crippen molar-refractivity contribution in [1.82, 2.24) is 10.9 Å². The molecule has 2 aromatic carbocycles. The second kappa shape index (κ2) is 6.58. The van der Waals surface area contributed by atoms with Crippen LogP contribution >= 0.6 is 34.5 Å². The van der Waals surface area contributed by atoms with Gasteiger partial charge in [0, 0.05) is 20.7 Å². The topological polar surface area (TPSA) is 58.2 Å². The number of fused-ring (bicyclic) bond motifs is 1. The quantitative estimate of drug-likeness (QED) is 0.666. The van der Waals surface area contributed by atoms with Gasteiger partial charge in [-0.1, -0.05) is 41.4 Å². The van der Waals surface area contributed by atoms with Crippen LogP contribution in [0.2, 0.25) is 10.0 Å². The predicted octanol–water partition coefficient (Wildman–Crippen LogP) is 4.28. The summed E-state index contributed by atoms with van der Waals surface area (Å²) in [5.41, 5.74) is 5.11. The van der Waals surface area contributed by atoms with Gasteiger partial charge in [0.05, 0.1) is 5.02 Å². The molecule has 0 spiro atoms. The van der Waals surface area contributed by atoms with Crippen molar-refractivity contribution in [3.8, 4) is 0 Å². The molecule has 1 aromatic heterocycles. The van der Waals surface area contributed by atoms with Crippen LogP contribution in [0.1, 0.15) is 20.0 Å². The normalized spacial score (nSPS) is 10.5. The van der Waals surface area contributed by atoms with E-state index in [1.165, 1.54) is 11.3 Å². The van der Waals surface area contributed by atoms with Crippen LogP contribution in [-0.4, -0.2) is 11.8 Å². The number of amides is 2. The molecular weight excluding hydrogens is 355 g/mol. The van der Waals surface area contributed by atoms with Gasteiger partial charge in [-0.05, 0) is 30.3 Å². The van der Waals surface area contributed by atoms with Gasteiger partial charge in [-0.3, -0.25) is 20.4 Å². The summed E-state index contributed by atoms with van der Waals surface area (Å²) in [6.45, 7) is 0. The largest absolute Gasteiger partial charge is 0.281 e. The lowest BCUT2D eigenvalue weighted by molar-refractivity contribution is 0.0849. The Hall–Kier alpha value is -2.08. The van der Waals surface area contributed by atoms with Crippen molar-refractivity contribution in [1.29, 1.82) is 0 Å². The van der Waals surface area contributed by atoms with Gasteiger partial charge < -0.3 is 0 Å². The molecule has 1 heterocycles. The third kappa shape index (κ3) is 3.32. The standard InChI is InChI=1S/C16H10Cl2N2O2S/c17-10-7-5-9(6-8-10)15(21)19-20-16(22)14-13(18)11-3-1-2-4-12(11)23-14/h1-8H,(H,19,21)(H,20,22). The van der Waals surface area contributed by atoms with E-state index in [0.717, 1.165) is 10.1 Å². The van der Waals surface area contributed by atoms with Gasteiger partial charge >= 0.3 is 0 Å². The number of hydrogen-bond acceptors (Lipinski definition) is 3. The minimum absolute atomic E-state index is 0.351. The van der Waals surface area contributed by atoms with E-state index in [2.05, 4.69) is 10.9 Å². The van der Waals surface area contributed by atoms with Crippen molar-refractivity contribution in [2.24, 2.45) is 0 Å². The van der Waals surface area contributed by atoms with Crippen LogP contribution in [0.3, 0.4) is 0 Å². The fraction of sp³-hybridized carbons (Fsp3) is 0. The molecule has 3 aromatic rings. The zero-order chi connectivity index (χ0) is 16.4. The lowest BCUT2D eigenvalue weighted by atomic mass is 10.2. The maximum absolute atomic E-state index is 12.2. The molecule has 23 heavy (non-hydrogen) atoms. The van der Waals surface area contributed by atoms with Crippen LogP contribution in [0.4, 0.5) is 0 Å². The summed E-state index contributed by atoms with van der Waals surface area (Å²) in [4.78, 5) is 24.5. The maximum Gasteiger partial charge on any atom is 0.281 e. The highest BCUT2D eigenvalue weighted by Gasteiger charge is 2.17. The Bertz CT molecular complexity index is 891. The molecular formula is C16H10Cl2N2O2S. The Morgan fingerprint density at radius 3 is 2.22 bits per heavy atom. The summed E-state index contributed by atoms with van der Waals surface area (Å²) in [6, 6.07) is 13.8. The first-order chi connectivity index (χ1) is 11.1. The smallest absolute Gasteiger partial charge is 0.267 e. The Morgan fingerprint density at radius 1 is 0.870 bits per heavy atom. The SMILES string of the molecule is O=C(NNC(=O)c1sc2ccccc2c1Cl)c1ccc(Cl)cc1. The van der Waals surface area contributed by atoms with Gasteiger partial charge in [-0.2, -0.15) is 0 Å². The van der Waals surface area contributed by atoms with E-state index < -0.39 is 11.8 Å². The summed E-state index contributed by atoms with van der Waals surface area (Å²) in [6.07, 6.45) is 0. The minimum atomic E-state index is -0.460. The molecule has 0 aliphatic carbocycles. The third-order valence-corrected chi connectivity index (χ3v) is 5.06. The van der Waals surface area contributed by atoms with Crippen molar-refractivity contribution in [3.05, 3.63) is 69.0 Å². The molecule has 0 aliphatic rings. The second-order valence-corrected chi connectivity index (χ2v) is 6.52. The Labute approximate surface area is 146 Å². The number of nitrogens with one attached hydrogen (secondary N) is 2. The molecule has 2 amide bonds. The van der Waals surface area contributed by atoms with Crippen molar-refractivity contribution in [2.75, 3.05) is 0 Å². The molecule has 7 heteroatoms. The molecule has 0 unspecified atom stereocenters. The van der Waals surface area contributed by atoms with E-state index >= 15 is 0 Å². The van der Waals surface area contributed by atoms with E-state index in [1.807, 2.05) is 24.3 Å². The Balaban J connectivity index is 1.72. The van der Waals surface area contributed by atoms with Crippen molar-refractivity contribution in [2.45, 2.75) is 0 Å². The number of hydrazine groups is 1. The van der Waals surface area contributed by atoms with E-state index in [-0.39, 0.29) is 0 Å². The van der Waals surface area contributed by atoms with Gasteiger partial charge in [-0.25, -0.2) is 0 Å². The number of hydrogen-bond donors (Lipinski definition) is 2. The van der Waals surface area contributed by atoms with Crippen LogP contribution in [0.15, 0.2) is 48.5 Å². The number of rotatable bonds is 2. The highest BCUT2D eigenvalue weighted by Crippen LogP contribution is 2.34. The van der Waals surface area contributed by atoms with Crippen LogP contribution in [-0.2, 0) is 0 Å². The van der Waals surface area contributed by atoms with Crippen LogP contribution in [0.25, 0.3) is 10.1 Å². The highest BCUT2D eigenvalue weighted by molar-refractivity contribution is 7.21. The average Bonchev–Trinajstić information content (AvgIpc) is 2.90. The van der Waals surface area contributed by atoms with Crippen molar-refractivity contribution < 1.29 is 9.59 Å². The monoisotopic (exact) mass is 364 g/mol. The average molecular weight is 365 g/mol. The molecule has 0 radical (unpaired) electrons. The zero-order valence-corrected chi connectivity index (χ0v) is 13.9. The van der Waals surface area contributed by atoms with Crippen LogP contribution in [0, 0.1) is 0 Å². The first-order valence-corrected chi connectivity index (χ1v) is 8.17. The van der Waals surface area contributed by atoms with Gasteiger partial charge in [0.2, 0.25) is 0 Å². The van der Waals surface area contributed by atoms with Gasteiger partial charge in [0.25, 0.3) is 11.8 Å². The number of carbonyl (C=O) groups is 2.